The van der Waals surface area contributed by atoms with Crippen LogP contribution in [-0.4, -0.2) is 62.6 Å². The minimum absolute atomic E-state index is 0.101. The third-order valence-corrected chi connectivity index (χ3v) is 4.27. The van der Waals surface area contributed by atoms with Crippen molar-refractivity contribution in [3.63, 3.8) is 0 Å². The summed E-state index contributed by atoms with van der Waals surface area (Å²) in [5, 5.41) is 1.12. The zero-order valence-electron chi connectivity index (χ0n) is 19.9. The molecule has 1 heterocycles. The Balaban J connectivity index is 3.10. The SMILES string of the molecule is CC[C@H](/C=C/C(=O)N1C(=S)OCC1(C)C)N(NC(=O)OC(C)(C)C)C(=O)OC(C)(C)C. The molecule has 0 saturated carbocycles. The van der Waals surface area contributed by atoms with Crippen molar-refractivity contribution >= 4 is 35.5 Å². The minimum atomic E-state index is -0.813. The molecule has 31 heavy (non-hydrogen) atoms. The van der Waals surface area contributed by atoms with Gasteiger partial charge in [0.2, 0.25) is 0 Å². The topological polar surface area (TPSA) is 97.4 Å². The quantitative estimate of drug-likeness (QED) is 0.388. The smallest absolute Gasteiger partial charge is 0.429 e. The van der Waals surface area contributed by atoms with Crippen molar-refractivity contribution in [2.75, 3.05) is 6.61 Å². The molecule has 1 aliphatic rings. The van der Waals surface area contributed by atoms with E-state index >= 15 is 0 Å². The van der Waals surface area contributed by atoms with Gasteiger partial charge in [0.15, 0.2) is 0 Å². The van der Waals surface area contributed by atoms with Gasteiger partial charge in [-0.25, -0.2) is 20.0 Å². The highest BCUT2D eigenvalue weighted by Crippen LogP contribution is 2.24. The average Bonchev–Trinajstić information content (AvgIpc) is 2.83. The first kappa shape index (κ1) is 26.7. The van der Waals surface area contributed by atoms with Crippen LogP contribution in [-0.2, 0) is 19.0 Å². The van der Waals surface area contributed by atoms with Gasteiger partial charge < -0.3 is 14.2 Å². The van der Waals surface area contributed by atoms with Crippen LogP contribution in [0.3, 0.4) is 0 Å². The van der Waals surface area contributed by atoms with E-state index in [-0.39, 0.29) is 11.1 Å². The first-order valence-corrected chi connectivity index (χ1v) is 10.6. The van der Waals surface area contributed by atoms with Crippen molar-refractivity contribution in [3.05, 3.63) is 12.2 Å². The number of hydrogen-bond donors (Lipinski definition) is 1. The fourth-order valence-corrected chi connectivity index (χ4v) is 3.05. The predicted molar refractivity (Wildman–Crippen MR) is 120 cm³/mol. The first-order chi connectivity index (χ1) is 14.0. The Bertz CT molecular complexity index is 736. The molecule has 3 amide bonds. The zero-order chi connectivity index (χ0) is 24.2. The molecule has 176 valence electrons. The van der Waals surface area contributed by atoms with Gasteiger partial charge >= 0.3 is 12.2 Å². The normalized spacial score (nSPS) is 17.2. The molecule has 9 nitrogen and oxygen atoms in total. The molecule has 1 atom stereocenters. The highest BCUT2D eigenvalue weighted by atomic mass is 32.1. The van der Waals surface area contributed by atoms with E-state index < -0.39 is 35.0 Å². The van der Waals surface area contributed by atoms with E-state index in [2.05, 4.69) is 5.43 Å². The van der Waals surface area contributed by atoms with Gasteiger partial charge in [0.05, 0.1) is 11.6 Å². The summed E-state index contributed by atoms with van der Waals surface area (Å²) in [6.45, 7) is 16.1. The number of hydrogen-bond acceptors (Lipinski definition) is 7. The van der Waals surface area contributed by atoms with Gasteiger partial charge in [0.25, 0.3) is 11.1 Å². The molecule has 1 N–H and O–H groups in total. The van der Waals surface area contributed by atoms with Crippen LogP contribution in [0.2, 0.25) is 0 Å². The number of rotatable bonds is 4. The lowest BCUT2D eigenvalue weighted by atomic mass is 10.1. The van der Waals surface area contributed by atoms with Gasteiger partial charge in [0.1, 0.15) is 17.8 Å². The van der Waals surface area contributed by atoms with E-state index in [4.69, 9.17) is 26.4 Å². The Labute approximate surface area is 190 Å². The Morgan fingerprint density at radius 3 is 2.16 bits per heavy atom. The summed E-state index contributed by atoms with van der Waals surface area (Å²) in [6.07, 6.45) is 1.63. The number of thiocarbonyl (C=S) groups is 1. The number of nitrogens with one attached hydrogen (secondary N) is 1. The maximum absolute atomic E-state index is 12.8. The van der Waals surface area contributed by atoms with Crippen molar-refractivity contribution in [1.29, 1.82) is 0 Å². The van der Waals surface area contributed by atoms with Crippen molar-refractivity contribution in [3.8, 4) is 0 Å². The number of amides is 3. The standard InChI is InChI=1S/C21H35N3O6S/c1-10-14(11-12-15(25)23-18(31)28-13-21(23,8)9)24(17(27)30-20(5,6)7)22-16(26)29-19(2,3)4/h11-12,14H,10,13H2,1-9H3,(H,22,26)/b12-11+/t14-/m1/s1. The van der Waals surface area contributed by atoms with Crippen LogP contribution in [0.1, 0.15) is 68.7 Å². The Morgan fingerprint density at radius 2 is 1.74 bits per heavy atom. The molecule has 1 saturated heterocycles. The lowest BCUT2D eigenvalue weighted by molar-refractivity contribution is -0.124. The third kappa shape index (κ3) is 8.35. The number of nitrogens with zero attached hydrogens (tertiary/aromatic N) is 2. The summed E-state index contributed by atoms with van der Waals surface area (Å²) < 4.78 is 16.0. The summed E-state index contributed by atoms with van der Waals surface area (Å²) in [5.74, 6) is -0.382. The van der Waals surface area contributed by atoms with Crippen LogP contribution in [0, 0.1) is 0 Å². The van der Waals surface area contributed by atoms with Crippen molar-refractivity contribution in [2.45, 2.75) is 91.5 Å². The molecule has 0 radical (unpaired) electrons. The largest absolute Gasteiger partial charge is 0.468 e. The van der Waals surface area contributed by atoms with Crippen molar-refractivity contribution < 1.29 is 28.6 Å². The van der Waals surface area contributed by atoms with E-state index in [0.717, 1.165) is 5.01 Å². The van der Waals surface area contributed by atoms with E-state index in [0.29, 0.717) is 13.0 Å². The van der Waals surface area contributed by atoms with Gasteiger partial charge in [0, 0.05) is 6.08 Å². The van der Waals surface area contributed by atoms with Crippen LogP contribution in [0.15, 0.2) is 12.2 Å². The van der Waals surface area contributed by atoms with Gasteiger partial charge in [-0.1, -0.05) is 13.0 Å². The molecule has 0 bridgehead atoms. The minimum Gasteiger partial charge on any atom is -0.468 e. The molecule has 0 spiro atoms. The van der Waals surface area contributed by atoms with E-state index in [1.807, 2.05) is 13.8 Å². The second kappa shape index (κ2) is 9.84. The predicted octanol–water partition coefficient (Wildman–Crippen LogP) is 3.92. The second-order valence-electron chi connectivity index (χ2n) is 9.84. The number of carbonyl (C=O) groups is 3. The summed E-state index contributed by atoms with van der Waals surface area (Å²) in [7, 11) is 0. The monoisotopic (exact) mass is 457 g/mol. The number of carbonyl (C=O) groups excluding carboxylic acids is 3. The average molecular weight is 458 g/mol. The van der Waals surface area contributed by atoms with Crippen molar-refractivity contribution in [2.24, 2.45) is 0 Å². The van der Waals surface area contributed by atoms with E-state index in [1.165, 1.54) is 17.1 Å². The lowest BCUT2D eigenvalue weighted by Crippen LogP contribution is -2.54. The maximum Gasteiger partial charge on any atom is 0.429 e. The molecule has 1 aliphatic heterocycles. The summed E-state index contributed by atoms with van der Waals surface area (Å²) in [5.41, 5.74) is 0.311. The van der Waals surface area contributed by atoms with Gasteiger partial charge in [-0.3, -0.25) is 9.69 Å². The molecule has 0 aromatic carbocycles. The van der Waals surface area contributed by atoms with Crippen LogP contribution in [0.4, 0.5) is 9.59 Å². The first-order valence-electron chi connectivity index (χ1n) is 10.2. The Morgan fingerprint density at radius 1 is 1.19 bits per heavy atom. The third-order valence-electron chi connectivity index (χ3n) is 3.97. The second-order valence-corrected chi connectivity index (χ2v) is 10.2. The van der Waals surface area contributed by atoms with Crippen LogP contribution < -0.4 is 5.43 Å². The highest BCUT2D eigenvalue weighted by molar-refractivity contribution is 7.80. The molecule has 0 unspecified atom stereocenters. The fourth-order valence-electron chi connectivity index (χ4n) is 2.65. The van der Waals surface area contributed by atoms with Crippen LogP contribution in [0.25, 0.3) is 0 Å². The maximum atomic E-state index is 12.8. The molecular formula is C21H35N3O6S. The summed E-state index contributed by atoms with van der Waals surface area (Å²) in [6, 6.07) is -0.675. The number of hydrazine groups is 1. The molecule has 1 rings (SSSR count). The lowest BCUT2D eigenvalue weighted by Gasteiger charge is -2.32. The Hall–Kier alpha value is -2.36. The van der Waals surface area contributed by atoms with Gasteiger partial charge in [-0.05, 0) is 74.0 Å². The Kier molecular flexibility index (Phi) is 8.47. The molecule has 0 aromatic heterocycles. The molecule has 1 fully saturated rings. The summed E-state index contributed by atoms with van der Waals surface area (Å²) in [4.78, 5) is 39.2. The summed E-state index contributed by atoms with van der Waals surface area (Å²) >= 11 is 5.13. The van der Waals surface area contributed by atoms with Gasteiger partial charge in [-0.15, -0.1) is 0 Å². The molecule has 0 aromatic rings. The van der Waals surface area contributed by atoms with Gasteiger partial charge in [-0.2, -0.15) is 0 Å². The van der Waals surface area contributed by atoms with Crippen molar-refractivity contribution in [1.82, 2.24) is 15.3 Å². The van der Waals surface area contributed by atoms with Crippen LogP contribution in [0.5, 0.6) is 0 Å². The van der Waals surface area contributed by atoms with E-state index in [9.17, 15) is 14.4 Å². The fraction of sp³-hybridized carbons (Fsp3) is 0.714. The van der Waals surface area contributed by atoms with E-state index in [1.54, 1.807) is 48.5 Å². The molecule has 0 aliphatic carbocycles. The molecular weight excluding hydrogens is 422 g/mol. The highest BCUT2D eigenvalue weighted by Gasteiger charge is 2.41. The number of ether oxygens (including phenoxy) is 3. The van der Waals surface area contributed by atoms with Crippen LogP contribution >= 0.6 is 12.2 Å². The zero-order valence-corrected chi connectivity index (χ0v) is 20.7. The molecule has 10 heteroatoms.